The SMILES string of the molecule is Cc1ccccc1N1CCN(C(=O)CN2C(=O)NC3(CCCC3)C2=O)CC1. The molecular formula is C20H26N4O3. The summed E-state index contributed by atoms with van der Waals surface area (Å²) in [6, 6.07) is 7.81. The lowest BCUT2D eigenvalue weighted by atomic mass is 9.98. The molecule has 7 heteroatoms. The summed E-state index contributed by atoms with van der Waals surface area (Å²) in [6.07, 6.45) is 3.23. The Morgan fingerprint density at radius 1 is 1.07 bits per heavy atom. The first-order chi connectivity index (χ1) is 13.0. The molecule has 3 fully saturated rings. The number of aryl methyl sites for hydroxylation is 1. The second kappa shape index (κ2) is 6.87. The van der Waals surface area contributed by atoms with Crippen molar-refractivity contribution in [3.05, 3.63) is 29.8 Å². The summed E-state index contributed by atoms with van der Waals surface area (Å²) in [7, 11) is 0. The maximum absolute atomic E-state index is 12.7. The lowest BCUT2D eigenvalue weighted by Crippen LogP contribution is -2.52. The number of nitrogens with zero attached hydrogens (tertiary/aromatic N) is 3. The van der Waals surface area contributed by atoms with Gasteiger partial charge in [0, 0.05) is 31.9 Å². The van der Waals surface area contributed by atoms with Crippen LogP contribution in [0, 0.1) is 6.92 Å². The Balaban J connectivity index is 1.35. The van der Waals surface area contributed by atoms with Crippen molar-refractivity contribution in [2.75, 3.05) is 37.6 Å². The van der Waals surface area contributed by atoms with Crippen molar-refractivity contribution in [3.8, 4) is 0 Å². The zero-order valence-electron chi connectivity index (χ0n) is 15.7. The Morgan fingerprint density at radius 2 is 1.74 bits per heavy atom. The number of piperazine rings is 1. The van der Waals surface area contributed by atoms with Gasteiger partial charge in [0.2, 0.25) is 5.91 Å². The quantitative estimate of drug-likeness (QED) is 0.819. The number of rotatable bonds is 3. The van der Waals surface area contributed by atoms with E-state index >= 15 is 0 Å². The fraction of sp³-hybridized carbons (Fsp3) is 0.550. The van der Waals surface area contributed by atoms with Gasteiger partial charge in [0.05, 0.1) is 0 Å². The van der Waals surface area contributed by atoms with Crippen molar-refractivity contribution in [1.29, 1.82) is 0 Å². The van der Waals surface area contributed by atoms with Crippen molar-refractivity contribution in [1.82, 2.24) is 15.1 Å². The molecule has 0 atom stereocenters. The lowest BCUT2D eigenvalue weighted by Gasteiger charge is -2.37. The summed E-state index contributed by atoms with van der Waals surface area (Å²) < 4.78 is 0. The van der Waals surface area contributed by atoms with E-state index in [0.29, 0.717) is 25.9 Å². The average molecular weight is 370 g/mol. The molecule has 0 unspecified atom stereocenters. The second-order valence-electron chi connectivity index (χ2n) is 7.76. The largest absolute Gasteiger partial charge is 0.368 e. The van der Waals surface area contributed by atoms with Gasteiger partial charge in [-0.1, -0.05) is 31.0 Å². The van der Waals surface area contributed by atoms with E-state index in [2.05, 4.69) is 29.3 Å². The number of hydrogen-bond donors (Lipinski definition) is 1. The van der Waals surface area contributed by atoms with Crippen molar-refractivity contribution in [2.45, 2.75) is 38.1 Å². The third-order valence-corrected chi connectivity index (χ3v) is 6.08. The number of benzene rings is 1. The molecule has 7 nitrogen and oxygen atoms in total. The summed E-state index contributed by atoms with van der Waals surface area (Å²) in [6.45, 7) is 4.63. The maximum Gasteiger partial charge on any atom is 0.325 e. The van der Waals surface area contributed by atoms with Crippen LogP contribution in [0.3, 0.4) is 0 Å². The minimum absolute atomic E-state index is 0.155. The van der Waals surface area contributed by atoms with Gasteiger partial charge in [-0.25, -0.2) is 4.79 Å². The van der Waals surface area contributed by atoms with Gasteiger partial charge >= 0.3 is 6.03 Å². The van der Waals surface area contributed by atoms with Crippen LogP contribution in [0.4, 0.5) is 10.5 Å². The molecule has 1 aromatic carbocycles. The molecule has 4 amide bonds. The number of hydrogen-bond acceptors (Lipinski definition) is 4. The third kappa shape index (κ3) is 3.15. The number of carbonyl (C=O) groups excluding carboxylic acids is 3. The van der Waals surface area contributed by atoms with Gasteiger partial charge < -0.3 is 15.1 Å². The topological polar surface area (TPSA) is 73.0 Å². The minimum Gasteiger partial charge on any atom is -0.368 e. The molecular weight excluding hydrogens is 344 g/mol. The molecule has 1 saturated carbocycles. The standard InChI is InChI=1S/C20H26N4O3/c1-15-6-2-3-7-16(15)22-10-12-23(13-11-22)17(25)14-24-18(26)20(21-19(24)27)8-4-5-9-20/h2-3,6-7H,4-5,8-14H2,1H3,(H,21,27). The smallest absolute Gasteiger partial charge is 0.325 e. The molecule has 2 aliphatic heterocycles. The fourth-order valence-electron chi connectivity index (χ4n) is 4.49. The van der Waals surface area contributed by atoms with E-state index in [-0.39, 0.29) is 18.4 Å². The molecule has 144 valence electrons. The van der Waals surface area contributed by atoms with Crippen molar-refractivity contribution < 1.29 is 14.4 Å². The van der Waals surface area contributed by atoms with Crippen LogP contribution in [0.1, 0.15) is 31.2 Å². The van der Waals surface area contributed by atoms with Crippen LogP contribution in [0.15, 0.2) is 24.3 Å². The number of para-hydroxylation sites is 1. The molecule has 4 rings (SSSR count). The van der Waals surface area contributed by atoms with Crippen molar-refractivity contribution >= 4 is 23.5 Å². The predicted octanol–water partition coefficient (Wildman–Crippen LogP) is 1.51. The van der Waals surface area contributed by atoms with Crippen LogP contribution in [0.5, 0.6) is 0 Å². The summed E-state index contributed by atoms with van der Waals surface area (Å²) in [5, 5.41) is 2.83. The molecule has 0 aromatic heterocycles. The second-order valence-corrected chi connectivity index (χ2v) is 7.76. The third-order valence-electron chi connectivity index (χ3n) is 6.08. The summed E-state index contributed by atoms with van der Waals surface area (Å²) in [4.78, 5) is 42.8. The van der Waals surface area contributed by atoms with Crippen molar-refractivity contribution in [3.63, 3.8) is 0 Å². The molecule has 0 bridgehead atoms. The molecule has 3 aliphatic rings. The van der Waals surface area contributed by atoms with E-state index in [1.807, 2.05) is 12.1 Å². The van der Waals surface area contributed by atoms with Crippen molar-refractivity contribution in [2.24, 2.45) is 0 Å². The lowest BCUT2D eigenvalue weighted by molar-refractivity contribution is -0.139. The first-order valence-corrected chi connectivity index (χ1v) is 9.73. The first kappa shape index (κ1) is 17.8. The number of urea groups is 1. The minimum atomic E-state index is -0.749. The highest BCUT2D eigenvalue weighted by Gasteiger charge is 2.52. The van der Waals surface area contributed by atoms with Crippen LogP contribution in [0.25, 0.3) is 0 Å². The molecule has 1 N–H and O–H groups in total. The van der Waals surface area contributed by atoms with E-state index in [1.54, 1.807) is 4.90 Å². The maximum atomic E-state index is 12.7. The predicted molar refractivity (Wildman–Crippen MR) is 101 cm³/mol. The van der Waals surface area contributed by atoms with Crippen LogP contribution in [-0.4, -0.2) is 65.9 Å². The molecule has 27 heavy (non-hydrogen) atoms. The van der Waals surface area contributed by atoms with Gasteiger partial charge in [0.1, 0.15) is 12.1 Å². The number of anilines is 1. The normalized spacial score (nSPS) is 21.9. The van der Waals surface area contributed by atoms with Gasteiger partial charge in [-0.2, -0.15) is 0 Å². The Morgan fingerprint density at radius 3 is 2.41 bits per heavy atom. The van der Waals surface area contributed by atoms with Gasteiger partial charge in [0.15, 0.2) is 0 Å². The van der Waals surface area contributed by atoms with Gasteiger partial charge in [-0.3, -0.25) is 14.5 Å². The molecule has 2 heterocycles. The summed E-state index contributed by atoms with van der Waals surface area (Å²) in [5.41, 5.74) is 1.67. The Bertz CT molecular complexity index is 764. The summed E-state index contributed by atoms with van der Waals surface area (Å²) >= 11 is 0. The monoisotopic (exact) mass is 370 g/mol. The van der Waals surface area contributed by atoms with Crippen LogP contribution >= 0.6 is 0 Å². The number of imide groups is 1. The molecule has 1 aromatic rings. The van der Waals surface area contributed by atoms with E-state index in [4.69, 9.17) is 0 Å². The van der Waals surface area contributed by atoms with E-state index in [9.17, 15) is 14.4 Å². The Hall–Kier alpha value is -2.57. The van der Waals surface area contributed by atoms with E-state index in [1.165, 1.54) is 11.3 Å². The number of nitrogens with one attached hydrogen (secondary N) is 1. The molecule has 1 spiro atoms. The molecule has 1 aliphatic carbocycles. The zero-order chi connectivity index (χ0) is 19.0. The van der Waals surface area contributed by atoms with E-state index in [0.717, 1.165) is 30.8 Å². The highest BCUT2D eigenvalue weighted by Crippen LogP contribution is 2.35. The van der Waals surface area contributed by atoms with Crippen LogP contribution in [0.2, 0.25) is 0 Å². The fourth-order valence-corrected chi connectivity index (χ4v) is 4.49. The van der Waals surface area contributed by atoms with Crippen LogP contribution < -0.4 is 10.2 Å². The first-order valence-electron chi connectivity index (χ1n) is 9.73. The van der Waals surface area contributed by atoms with Gasteiger partial charge in [-0.15, -0.1) is 0 Å². The number of amides is 4. The molecule has 2 saturated heterocycles. The zero-order valence-corrected chi connectivity index (χ0v) is 15.7. The summed E-state index contributed by atoms with van der Waals surface area (Å²) in [5.74, 6) is -0.380. The highest BCUT2D eigenvalue weighted by molar-refractivity contribution is 6.09. The van der Waals surface area contributed by atoms with Gasteiger partial charge in [-0.05, 0) is 31.4 Å². The molecule has 0 radical (unpaired) electrons. The Kier molecular flexibility index (Phi) is 4.53. The average Bonchev–Trinajstić information content (AvgIpc) is 3.23. The van der Waals surface area contributed by atoms with Gasteiger partial charge in [0.25, 0.3) is 5.91 Å². The van der Waals surface area contributed by atoms with Crippen LogP contribution in [-0.2, 0) is 9.59 Å². The van der Waals surface area contributed by atoms with E-state index < -0.39 is 11.6 Å². The number of carbonyl (C=O) groups is 3. The Labute approximate surface area is 159 Å². The highest BCUT2D eigenvalue weighted by atomic mass is 16.2.